The molecular formula is C22H31IN4O3. The number of aliphatic imine (C=N–C) groups is 1. The Morgan fingerprint density at radius 3 is 2.47 bits per heavy atom. The van der Waals surface area contributed by atoms with Gasteiger partial charge in [0, 0.05) is 46.4 Å². The molecule has 7 nitrogen and oxygen atoms in total. The van der Waals surface area contributed by atoms with Crippen LogP contribution in [0.1, 0.15) is 22.5 Å². The summed E-state index contributed by atoms with van der Waals surface area (Å²) >= 11 is 0. The van der Waals surface area contributed by atoms with E-state index in [4.69, 9.17) is 9.15 Å². The molecule has 1 aliphatic rings. The second-order valence-electron chi connectivity index (χ2n) is 6.93. The van der Waals surface area contributed by atoms with Crippen molar-refractivity contribution in [3.05, 3.63) is 60.1 Å². The molecule has 8 heteroatoms. The van der Waals surface area contributed by atoms with E-state index in [-0.39, 0.29) is 29.9 Å². The molecule has 1 saturated heterocycles. The molecule has 164 valence electrons. The third kappa shape index (κ3) is 7.32. The summed E-state index contributed by atoms with van der Waals surface area (Å²) < 4.78 is 10.9. The van der Waals surface area contributed by atoms with E-state index >= 15 is 0 Å². The Morgan fingerprint density at radius 2 is 1.80 bits per heavy atom. The van der Waals surface area contributed by atoms with Gasteiger partial charge in [-0.25, -0.2) is 0 Å². The summed E-state index contributed by atoms with van der Waals surface area (Å²) in [4.78, 5) is 20.7. The molecule has 1 aliphatic heterocycles. The zero-order valence-corrected chi connectivity index (χ0v) is 19.8. The van der Waals surface area contributed by atoms with E-state index in [1.165, 1.54) is 11.8 Å². The quantitative estimate of drug-likeness (QED) is 0.248. The number of hydrogen-bond acceptors (Lipinski definition) is 4. The van der Waals surface area contributed by atoms with Gasteiger partial charge in [0.05, 0.1) is 12.9 Å². The topological polar surface area (TPSA) is 70.3 Å². The largest absolute Gasteiger partial charge is 0.459 e. The first kappa shape index (κ1) is 24.2. The van der Waals surface area contributed by atoms with Gasteiger partial charge < -0.3 is 24.3 Å². The zero-order chi connectivity index (χ0) is 20.3. The normalized spacial score (nSPS) is 14.4. The van der Waals surface area contributed by atoms with Crippen molar-refractivity contribution in [3.63, 3.8) is 0 Å². The van der Waals surface area contributed by atoms with Crippen LogP contribution in [0, 0.1) is 0 Å². The number of hydrogen-bond donors (Lipinski definition) is 1. The predicted octanol–water partition coefficient (Wildman–Crippen LogP) is 2.88. The lowest BCUT2D eigenvalue weighted by atomic mass is 10.2. The number of nitrogens with zero attached hydrogens (tertiary/aromatic N) is 3. The lowest BCUT2D eigenvalue weighted by Gasteiger charge is -2.36. The SMILES string of the molecule is CN=C(NCCCOCCc1ccccc1)N1CCN(C(=O)c2ccco2)CC1.I. The van der Waals surface area contributed by atoms with Crippen molar-refractivity contribution < 1.29 is 13.9 Å². The highest BCUT2D eigenvalue weighted by atomic mass is 127. The van der Waals surface area contributed by atoms with Gasteiger partial charge in [-0.05, 0) is 30.5 Å². The molecular weight excluding hydrogens is 495 g/mol. The molecule has 30 heavy (non-hydrogen) atoms. The van der Waals surface area contributed by atoms with E-state index in [2.05, 4.69) is 39.5 Å². The molecule has 0 radical (unpaired) electrons. The van der Waals surface area contributed by atoms with Crippen molar-refractivity contribution in [1.82, 2.24) is 15.1 Å². The molecule has 1 aromatic heterocycles. The lowest BCUT2D eigenvalue weighted by Crippen LogP contribution is -2.53. The van der Waals surface area contributed by atoms with Gasteiger partial charge in [0.15, 0.2) is 11.7 Å². The van der Waals surface area contributed by atoms with Crippen molar-refractivity contribution in [3.8, 4) is 0 Å². The van der Waals surface area contributed by atoms with Gasteiger partial charge in [0.25, 0.3) is 5.91 Å². The summed E-state index contributed by atoms with van der Waals surface area (Å²) in [5.74, 6) is 1.22. The third-order valence-electron chi connectivity index (χ3n) is 4.94. The van der Waals surface area contributed by atoms with Crippen LogP contribution in [-0.4, -0.2) is 74.7 Å². The Hall–Kier alpha value is -2.07. The Morgan fingerprint density at radius 1 is 1.07 bits per heavy atom. The van der Waals surface area contributed by atoms with Crippen LogP contribution in [0.15, 0.2) is 58.1 Å². The maximum absolute atomic E-state index is 12.3. The second kappa shape index (κ2) is 13.3. The van der Waals surface area contributed by atoms with Crippen LogP contribution in [0.25, 0.3) is 0 Å². The van der Waals surface area contributed by atoms with Crippen molar-refractivity contribution in [2.75, 3.05) is 53.0 Å². The first-order valence-electron chi connectivity index (χ1n) is 10.2. The van der Waals surface area contributed by atoms with Crippen LogP contribution in [0.3, 0.4) is 0 Å². The maximum Gasteiger partial charge on any atom is 0.289 e. The van der Waals surface area contributed by atoms with Gasteiger partial charge >= 0.3 is 0 Å². The van der Waals surface area contributed by atoms with E-state index in [1.54, 1.807) is 19.2 Å². The molecule has 1 amide bonds. The van der Waals surface area contributed by atoms with Gasteiger partial charge in [0.1, 0.15) is 0 Å². The molecule has 0 bridgehead atoms. The first-order chi connectivity index (χ1) is 14.3. The summed E-state index contributed by atoms with van der Waals surface area (Å²) in [5.41, 5.74) is 1.30. The molecule has 0 aliphatic carbocycles. The average molecular weight is 526 g/mol. The minimum absolute atomic E-state index is 0. The number of guanidine groups is 1. The molecule has 1 fully saturated rings. The van der Waals surface area contributed by atoms with E-state index in [0.717, 1.165) is 51.6 Å². The number of piperazine rings is 1. The van der Waals surface area contributed by atoms with Gasteiger partial charge in [-0.3, -0.25) is 9.79 Å². The van der Waals surface area contributed by atoms with Crippen molar-refractivity contribution in [1.29, 1.82) is 0 Å². The van der Waals surface area contributed by atoms with Crippen LogP contribution in [0.5, 0.6) is 0 Å². The summed E-state index contributed by atoms with van der Waals surface area (Å²) in [6.45, 7) is 5.08. The number of halogens is 1. The number of benzene rings is 1. The standard InChI is InChI=1S/C22H30N4O3.HI/c1-23-22(24-11-6-16-28-18-10-19-7-3-2-4-8-19)26-14-12-25(13-15-26)21(27)20-9-5-17-29-20;/h2-5,7-9,17H,6,10-16,18H2,1H3,(H,23,24);1H. The molecule has 1 aromatic carbocycles. The molecule has 0 spiro atoms. The Balaban J connectivity index is 0.00000320. The summed E-state index contributed by atoms with van der Waals surface area (Å²) in [5, 5.41) is 3.39. The smallest absolute Gasteiger partial charge is 0.289 e. The van der Waals surface area contributed by atoms with Gasteiger partial charge in [-0.1, -0.05) is 30.3 Å². The molecule has 2 heterocycles. The Bertz CT molecular complexity index is 760. The van der Waals surface area contributed by atoms with Crippen LogP contribution in [-0.2, 0) is 11.2 Å². The number of ether oxygens (including phenoxy) is 1. The van der Waals surface area contributed by atoms with E-state index in [9.17, 15) is 4.79 Å². The van der Waals surface area contributed by atoms with Crippen molar-refractivity contribution in [2.45, 2.75) is 12.8 Å². The highest BCUT2D eigenvalue weighted by Crippen LogP contribution is 2.09. The molecule has 0 saturated carbocycles. The van der Waals surface area contributed by atoms with Crippen LogP contribution >= 0.6 is 24.0 Å². The van der Waals surface area contributed by atoms with Crippen LogP contribution in [0.4, 0.5) is 0 Å². The number of rotatable bonds is 8. The number of carbonyl (C=O) groups is 1. The number of amides is 1. The Kier molecular flexibility index (Phi) is 10.7. The first-order valence-corrected chi connectivity index (χ1v) is 10.2. The molecule has 2 aromatic rings. The molecule has 0 unspecified atom stereocenters. The monoisotopic (exact) mass is 526 g/mol. The fourth-order valence-corrected chi connectivity index (χ4v) is 3.32. The zero-order valence-electron chi connectivity index (χ0n) is 17.5. The molecule has 1 N–H and O–H groups in total. The van der Waals surface area contributed by atoms with E-state index in [1.807, 2.05) is 11.0 Å². The number of furan rings is 1. The molecule has 0 atom stereocenters. The van der Waals surface area contributed by atoms with Gasteiger partial charge in [-0.2, -0.15) is 0 Å². The number of nitrogens with one attached hydrogen (secondary N) is 1. The van der Waals surface area contributed by atoms with Gasteiger partial charge in [-0.15, -0.1) is 24.0 Å². The highest BCUT2D eigenvalue weighted by molar-refractivity contribution is 14.0. The second-order valence-corrected chi connectivity index (χ2v) is 6.93. The summed E-state index contributed by atoms with van der Waals surface area (Å²) in [6.07, 6.45) is 3.39. The fourth-order valence-electron chi connectivity index (χ4n) is 3.32. The van der Waals surface area contributed by atoms with Crippen LogP contribution < -0.4 is 5.32 Å². The molecule has 3 rings (SSSR count). The summed E-state index contributed by atoms with van der Waals surface area (Å²) in [6, 6.07) is 13.8. The van der Waals surface area contributed by atoms with Crippen molar-refractivity contribution >= 4 is 35.8 Å². The highest BCUT2D eigenvalue weighted by Gasteiger charge is 2.24. The predicted molar refractivity (Wildman–Crippen MR) is 129 cm³/mol. The fraction of sp³-hybridized carbons (Fsp3) is 0.455. The van der Waals surface area contributed by atoms with E-state index in [0.29, 0.717) is 18.8 Å². The minimum Gasteiger partial charge on any atom is -0.459 e. The lowest BCUT2D eigenvalue weighted by molar-refractivity contribution is 0.0657. The van der Waals surface area contributed by atoms with Gasteiger partial charge in [0.2, 0.25) is 0 Å². The van der Waals surface area contributed by atoms with E-state index < -0.39 is 0 Å². The van der Waals surface area contributed by atoms with Crippen molar-refractivity contribution in [2.24, 2.45) is 4.99 Å². The van der Waals surface area contributed by atoms with Crippen LogP contribution in [0.2, 0.25) is 0 Å². The Labute approximate surface area is 195 Å². The summed E-state index contributed by atoms with van der Waals surface area (Å²) in [7, 11) is 1.79. The maximum atomic E-state index is 12.3. The average Bonchev–Trinajstić information content (AvgIpc) is 3.31. The third-order valence-corrected chi connectivity index (χ3v) is 4.94. The minimum atomic E-state index is -0.0507. The number of carbonyl (C=O) groups excluding carboxylic acids is 1.